The molecule has 0 aliphatic carbocycles. The Kier molecular flexibility index (Phi) is 4.22. The number of hydrogen-bond acceptors (Lipinski definition) is 3. The standard InChI is InChI=1S/C19H19BrN2O2/c1-19(2,3)22-16-10-9-12(20)11-15(16)21-17(22)13-7-5-6-8-14(13)18(23)24-4/h5-11H,1-4H3. The molecular weight excluding hydrogens is 368 g/mol. The van der Waals surface area contributed by atoms with Crippen LogP contribution >= 0.6 is 15.9 Å². The lowest BCUT2D eigenvalue weighted by atomic mass is 10.0. The second-order valence-electron chi connectivity index (χ2n) is 6.61. The van der Waals surface area contributed by atoms with Crippen molar-refractivity contribution in [3.05, 3.63) is 52.5 Å². The maximum Gasteiger partial charge on any atom is 0.338 e. The number of benzene rings is 2. The van der Waals surface area contributed by atoms with Crippen molar-refractivity contribution in [1.29, 1.82) is 0 Å². The molecule has 0 spiro atoms. The highest BCUT2D eigenvalue weighted by atomic mass is 79.9. The van der Waals surface area contributed by atoms with Crippen molar-refractivity contribution in [3.63, 3.8) is 0 Å². The molecule has 3 aromatic rings. The molecule has 2 aromatic carbocycles. The van der Waals surface area contributed by atoms with E-state index < -0.39 is 0 Å². The number of halogens is 1. The number of nitrogens with zero attached hydrogens (tertiary/aromatic N) is 2. The van der Waals surface area contributed by atoms with Crippen LogP contribution in [0.2, 0.25) is 0 Å². The van der Waals surface area contributed by atoms with E-state index in [1.807, 2.05) is 36.4 Å². The number of esters is 1. The van der Waals surface area contributed by atoms with Crippen LogP contribution in [0.1, 0.15) is 31.1 Å². The SMILES string of the molecule is COC(=O)c1ccccc1-c1nc2cc(Br)ccc2n1C(C)(C)C. The molecular formula is C19H19BrN2O2. The van der Waals surface area contributed by atoms with Gasteiger partial charge < -0.3 is 9.30 Å². The number of fused-ring (bicyclic) bond motifs is 1. The first kappa shape index (κ1) is 16.7. The van der Waals surface area contributed by atoms with Gasteiger partial charge in [-0.1, -0.05) is 34.1 Å². The Bertz CT molecular complexity index is 923. The van der Waals surface area contributed by atoms with Gasteiger partial charge in [0.2, 0.25) is 0 Å². The van der Waals surface area contributed by atoms with Crippen molar-refractivity contribution in [2.75, 3.05) is 7.11 Å². The number of ether oxygens (including phenoxy) is 1. The molecule has 0 unspecified atom stereocenters. The van der Waals surface area contributed by atoms with Crippen molar-refractivity contribution >= 4 is 32.9 Å². The number of methoxy groups -OCH3 is 1. The van der Waals surface area contributed by atoms with E-state index in [1.54, 1.807) is 6.07 Å². The van der Waals surface area contributed by atoms with Crippen molar-refractivity contribution < 1.29 is 9.53 Å². The second kappa shape index (κ2) is 6.06. The molecule has 0 atom stereocenters. The van der Waals surface area contributed by atoms with E-state index in [1.165, 1.54) is 7.11 Å². The molecule has 0 aliphatic rings. The molecule has 0 bridgehead atoms. The summed E-state index contributed by atoms with van der Waals surface area (Å²) in [6.07, 6.45) is 0. The third-order valence-corrected chi connectivity index (χ3v) is 4.35. The van der Waals surface area contributed by atoms with Crippen molar-refractivity contribution in [2.24, 2.45) is 0 Å². The van der Waals surface area contributed by atoms with Gasteiger partial charge in [0.15, 0.2) is 0 Å². The minimum absolute atomic E-state index is 0.193. The number of aromatic nitrogens is 2. The molecule has 5 heteroatoms. The second-order valence-corrected chi connectivity index (χ2v) is 7.53. The third kappa shape index (κ3) is 2.84. The first-order chi connectivity index (χ1) is 11.3. The van der Waals surface area contributed by atoms with Crippen LogP contribution in [0.25, 0.3) is 22.4 Å². The quantitative estimate of drug-likeness (QED) is 0.581. The Labute approximate surface area is 149 Å². The molecule has 0 fully saturated rings. The van der Waals surface area contributed by atoms with Gasteiger partial charge in [0.25, 0.3) is 0 Å². The molecule has 1 heterocycles. The lowest BCUT2D eigenvalue weighted by Crippen LogP contribution is -2.23. The molecule has 3 rings (SSSR count). The molecule has 4 nitrogen and oxygen atoms in total. The minimum Gasteiger partial charge on any atom is -0.465 e. The summed E-state index contributed by atoms with van der Waals surface area (Å²) in [5.74, 6) is 0.399. The van der Waals surface area contributed by atoms with E-state index in [0.717, 1.165) is 26.9 Å². The predicted molar refractivity (Wildman–Crippen MR) is 99.2 cm³/mol. The van der Waals surface area contributed by atoms with E-state index in [2.05, 4.69) is 41.3 Å². The van der Waals surface area contributed by atoms with Gasteiger partial charge in [-0.3, -0.25) is 0 Å². The highest BCUT2D eigenvalue weighted by molar-refractivity contribution is 9.10. The van der Waals surface area contributed by atoms with E-state index in [0.29, 0.717) is 5.56 Å². The van der Waals surface area contributed by atoms with Crippen LogP contribution in [0.3, 0.4) is 0 Å². The van der Waals surface area contributed by atoms with Gasteiger partial charge in [0.1, 0.15) is 5.82 Å². The van der Waals surface area contributed by atoms with Gasteiger partial charge in [-0.05, 0) is 45.0 Å². The maximum atomic E-state index is 12.2. The Morgan fingerprint density at radius 1 is 1.17 bits per heavy atom. The molecule has 0 amide bonds. The van der Waals surface area contributed by atoms with Crippen LogP contribution in [0, 0.1) is 0 Å². The largest absolute Gasteiger partial charge is 0.465 e. The van der Waals surface area contributed by atoms with Crippen molar-refractivity contribution in [2.45, 2.75) is 26.3 Å². The normalized spacial score (nSPS) is 11.7. The lowest BCUT2D eigenvalue weighted by molar-refractivity contribution is 0.0601. The molecule has 24 heavy (non-hydrogen) atoms. The van der Waals surface area contributed by atoms with E-state index in [9.17, 15) is 4.79 Å². The molecule has 0 saturated carbocycles. The molecule has 0 saturated heterocycles. The summed E-state index contributed by atoms with van der Waals surface area (Å²) in [5.41, 5.74) is 3.00. The minimum atomic E-state index is -0.362. The number of imidazole rings is 1. The molecule has 0 aliphatic heterocycles. The summed E-state index contributed by atoms with van der Waals surface area (Å²) in [6, 6.07) is 13.4. The zero-order valence-electron chi connectivity index (χ0n) is 14.1. The van der Waals surface area contributed by atoms with Crippen LogP contribution < -0.4 is 0 Å². The lowest BCUT2D eigenvalue weighted by Gasteiger charge is -2.25. The zero-order valence-corrected chi connectivity index (χ0v) is 15.7. The smallest absolute Gasteiger partial charge is 0.338 e. The van der Waals surface area contributed by atoms with Crippen LogP contribution in [-0.4, -0.2) is 22.6 Å². The third-order valence-electron chi connectivity index (χ3n) is 3.86. The van der Waals surface area contributed by atoms with E-state index in [-0.39, 0.29) is 11.5 Å². The monoisotopic (exact) mass is 386 g/mol. The summed E-state index contributed by atoms with van der Waals surface area (Å²) in [7, 11) is 1.39. The average molecular weight is 387 g/mol. The number of carbonyl (C=O) groups excluding carboxylic acids is 1. The van der Waals surface area contributed by atoms with Gasteiger partial charge >= 0.3 is 5.97 Å². The van der Waals surface area contributed by atoms with Gasteiger partial charge in [0.05, 0.1) is 23.7 Å². The number of hydrogen-bond donors (Lipinski definition) is 0. The fourth-order valence-corrected chi connectivity index (χ4v) is 3.23. The van der Waals surface area contributed by atoms with Crippen LogP contribution in [-0.2, 0) is 10.3 Å². The Morgan fingerprint density at radius 2 is 1.88 bits per heavy atom. The summed E-state index contributed by atoms with van der Waals surface area (Å²) in [6.45, 7) is 6.38. The van der Waals surface area contributed by atoms with Gasteiger partial charge in [-0.15, -0.1) is 0 Å². The van der Waals surface area contributed by atoms with Gasteiger partial charge in [-0.2, -0.15) is 0 Å². The van der Waals surface area contributed by atoms with Crippen LogP contribution in [0.5, 0.6) is 0 Å². The summed E-state index contributed by atoms with van der Waals surface area (Å²) in [4.78, 5) is 17.0. The molecule has 0 N–H and O–H groups in total. The number of carbonyl (C=O) groups is 1. The fourth-order valence-electron chi connectivity index (χ4n) is 2.88. The number of rotatable bonds is 2. The van der Waals surface area contributed by atoms with Crippen molar-refractivity contribution in [3.8, 4) is 11.4 Å². The van der Waals surface area contributed by atoms with E-state index in [4.69, 9.17) is 9.72 Å². The maximum absolute atomic E-state index is 12.2. The fraction of sp³-hybridized carbons (Fsp3) is 0.263. The highest BCUT2D eigenvalue weighted by Gasteiger charge is 2.25. The first-order valence-corrected chi connectivity index (χ1v) is 8.48. The summed E-state index contributed by atoms with van der Waals surface area (Å²) in [5, 5.41) is 0. The van der Waals surface area contributed by atoms with Crippen molar-refractivity contribution in [1.82, 2.24) is 9.55 Å². The van der Waals surface area contributed by atoms with Crippen LogP contribution in [0.15, 0.2) is 46.9 Å². The zero-order chi connectivity index (χ0) is 17.5. The highest BCUT2D eigenvalue weighted by Crippen LogP contribution is 2.34. The Hall–Kier alpha value is -2.14. The molecule has 1 aromatic heterocycles. The first-order valence-electron chi connectivity index (χ1n) is 7.69. The summed E-state index contributed by atoms with van der Waals surface area (Å²) < 4.78 is 8.07. The topological polar surface area (TPSA) is 44.1 Å². The molecule has 0 radical (unpaired) electrons. The predicted octanol–water partition coefficient (Wildman–Crippen LogP) is 5.01. The summed E-state index contributed by atoms with van der Waals surface area (Å²) >= 11 is 3.50. The Balaban J connectivity index is 2.37. The van der Waals surface area contributed by atoms with Gasteiger partial charge in [-0.25, -0.2) is 9.78 Å². The van der Waals surface area contributed by atoms with Crippen LogP contribution in [0.4, 0.5) is 0 Å². The van der Waals surface area contributed by atoms with Gasteiger partial charge in [0, 0.05) is 15.6 Å². The Morgan fingerprint density at radius 3 is 2.54 bits per heavy atom. The van der Waals surface area contributed by atoms with E-state index >= 15 is 0 Å². The average Bonchev–Trinajstić information content (AvgIpc) is 2.92. The molecule has 124 valence electrons.